The number of carboxylic acid groups (broad SMARTS) is 2. The normalized spacial score (nSPS) is 21.3. The van der Waals surface area contributed by atoms with Gasteiger partial charge in [0, 0.05) is 50.2 Å². The van der Waals surface area contributed by atoms with E-state index in [-0.39, 0.29) is 0 Å². The van der Waals surface area contributed by atoms with Gasteiger partial charge in [-0.05, 0) is 24.8 Å². The van der Waals surface area contributed by atoms with Crippen LogP contribution in [0.2, 0.25) is 0 Å². The highest BCUT2D eigenvalue weighted by molar-refractivity contribution is 5.73. The number of ether oxygens (including phenoxy) is 2. The average Bonchev–Trinajstić information content (AvgIpc) is 3.44. The van der Waals surface area contributed by atoms with E-state index < -0.39 is 24.3 Å². The van der Waals surface area contributed by atoms with Crippen LogP contribution in [-0.4, -0.2) is 86.1 Å². The summed E-state index contributed by atoms with van der Waals surface area (Å²) in [6, 6.07) is 6.25. The van der Waals surface area contributed by atoms with E-state index in [0.29, 0.717) is 30.6 Å². The molecule has 16 heteroatoms. The lowest BCUT2D eigenvalue weighted by atomic mass is 10.1. The van der Waals surface area contributed by atoms with Gasteiger partial charge in [0.15, 0.2) is 0 Å². The molecule has 1 aliphatic heterocycles. The zero-order valence-corrected chi connectivity index (χ0v) is 20.0. The molecule has 0 radical (unpaired) electrons. The molecular weight excluding hydrogens is 530 g/mol. The summed E-state index contributed by atoms with van der Waals surface area (Å²) in [5.74, 6) is -4.28. The molecule has 0 bridgehead atoms. The molecular formula is C22H26F6N4O6. The molecule has 2 aliphatic rings. The summed E-state index contributed by atoms with van der Waals surface area (Å²) in [7, 11) is 1.96. The van der Waals surface area contributed by atoms with E-state index in [1.165, 1.54) is 5.56 Å². The van der Waals surface area contributed by atoms with Crippen molar-refractivity contribution in [2.24, 2.45) is 13.0 Å². The molecule has 38 heavy (non-hydrogen) atoms. The number of aliphatic carboxylic acids is 2. The molecule has 4 rings (SSSR count). The number of rotatable bonds is 5. The van der Waals surface area contributed by atoms with E-state index in [1.54, 1.807) is 6.20 Å². The van der Waals surface area contributed by atoms with Crippen LogP contribution in [0.4, 0.5) is 26.3 Å². The molecule has 3 atom stereocenters. The zero-order chi connectivity index (χ0) is 28.5. The van der Waals surface area contributed by atoms with E-state index in [0.717, 1.165) is 32.5 Å². The number of aryl methyl sites for hydroxylation is 1. The average molecular weight is 556 g/mol. The predicted octanol–water partition coefficient (Wildman–Crippen LogP) is 3.14. The Hall–Kier alpha value is -3.40. The summed E-state index contributed by atoms with van der Waals surface area (Å²) in [6.45, 7) is 3.47. The summed E-state index contributed by atoms with van der Waals surface area (Å²) >= 11 is 0. The van der Waals surface area contributed by atoms with Crippen LogP contribution < -0.4 is 4.74 Å². The summed E-state index contributed by atoms with van der Waals surface area (Å²) < 4.78 is 77.2. The van der Waals surface area contributed by atoms with E-state index in [9.17, 15) is 26.3 Å². The first-order valence-electron chi connectivity index (χ1n) is 11.1. The number of nitrogens with zero attached hydrogens (tertiary/aromatic N) is 4. The van der Waals surface area contributed by atoms with Gasteiger partial charge in [-0.25, -0.2) is 14.6 Å². The zero-order valence-electron chi connectivity index (χ0n) is 20.0. The molecule has 1 saturated carbocycles. The van der Waals surface area contributed by atoms with Crippen molar-refractivity contribution in [3.8, 4) is 5.88 Å². The molecule has 2 N–H and O–H groups in total. The third-order valence-corrected chi connectivity index (χ3v) is 5.48. The van der Waals surface area contributed by atoms with Crippen molar-refractivity contribution in [1.29, 1.82) is 0 Å². The van der Waals surface area contributed by atoms with Crippen LogP contribution in [0, 0.1) is 5.92 Å². The van der Waals surface area contributed by atoms with Crippen molar-refractivity contribution in [1.82, 2.24) is 19.7 Å². The molecule has 3 heterocycles. The number of hydrogen-bond donors (Lipinski definition) is 2. The first-order chi connectivity index (χ1) is 17.7. The quantitative estimate of drug-likeness (QED) is 0.534. The fourth-order valence-electron chi connectivity index (χ4n) is 3.88. The second kappa shape index (κ2) is 13.4. The number of aromatic nitrogens is 3. The molecule has 10 nitrogen and oxygen atoms in total. The van der Waals surface area contributed by atoms with Crippen LogP contribution in [0.15, 0.2) is 36.8 Å². The Morgan fingerprint density at radius 1 is 1.11 bits per heavy atom. The lowest BCUT2D eigenvalue weighted by Gasteiger charge is -2.37. The fraction of sp³-hybridized carbons (Fsp3) is 0.545. The number of pyridine rings is 1. The molecule has 2 fully saturated rings. The third kappa shape index (κ3) is 10.2. The number of carbonyl (C=O) groups is 2. The van der Waals surface area contributed by atoms with Gasteiger partial charge in [-0.2, -0.15) is 31.4 Å². The largest absolute Gasteiger partial charge is 0.490 e. The van der Waals surface area contributed by atoms with Crippen LogP contribution in [0.1, 0.15) is 18.4 Å². The molecule has 1 aliphatic carbocycles. The van der Waals surface area contributed by atoms with Gasteiger partial charge >= 0.3 is 24.3 Å². The van der Waals surface area contributed by atoms with Gasteiger partial charge in [0.25, 0.3) is 0 Å². The third-order valence-electron chi connectivity index (χ3n) is 5.48. The van der Waals surface area contributed by atoms with Gasteiger partial charge < -0.3 is 19.7 Å². The SMILES string of the molecule is Cn1cc(CN2CCOC3CC(COc4ccccn4)CC32)cn1.O=C(O)C(F)(F)F.O=C(O)C(F)(F)F. The maximum absolute atomic E-state index is 10.6. The second-order valence-corrected chi connectivity index (χ2v) is 8.39. The van der Waals surface area contributed by atoms with Crippen LogP contribution in [0.3, 0.4) is 0 Å². The second-order valence-electron chi connectivity index (χ2n) is 8.39. The Bertz CT molecular complexity index is 1010. The smallest absolute Gasteiger partial charge is 0.477 e. The summed E-state index contributed by atoms with van der Waals surface area (Å²) in [4.78, 5) is 24.6. The topological polar surface area (TPSA) is 127 Å². The van der Waals surface area contributed by atoms with Gasteiger partial charge in [0.05, 0.1) is 25.5 Å². The minimum absolute atomic E-state index is 0.327. The molecule has 0 amide bonds. The van der Waals surface area contributed by atoms with Crippen molar-refractivity contribution in [3.05, 3.63) is 42.4 Å². The van der Waals surface area contributed by atoms with Crippen molar-refractivity contribution < 1.29 is 55.6 Å². The maximum atomic E-state index is 10.6. The van der Waals surface area contributed by atoms with E-state index in [4.69, 9.17) is 29.3 Å². The van der Waals surface area contributed by atoms with E-state index >= 15 is 0 Å². The molecule has 0 spiro atoms. The number of hydrogen-bond acceptors (Lipinski definition) is 7. The number of halogens is 6. The molecule has 1 saturated heterocycles. The van der Waals surface area contributed by atoms with Crippen LogP contribution in [0.25, 0.3) is 0 Å². The lowest BCUT2D eigenvalue weighted by molar-refractivity contribution is -0.193. The summed E-state index contributed by atoms with van der Waals surface area (Å²) in [5.41, 5.74) is 1.27. The highest BCUT2D eigenvalue weighted by atomic mass is 19.4. The van der Waals surface area contributed by atoms with Gasteiger partial charge in [-0.3, -0.25) is 9.58 Å². The Morgan fingerprint density at radius 3 is 2.24 bits per heavy atom. The highest BCUT2D eigenvalue weighted by Crippen LogP contribution is 2.35. The number of carboxylic acids is 2. The molecule has 2 aromatic heterocycles. The van der Waals surface area contributed by atoms with Crippen molar-refractivity contribution in [3.63, 3.8) is 0 Å². The monoisotopic (exact) mass is 556 g/mol. The maximum Gasteiger partial charge on any atom is 0.490 e. The van der Waals surface area contributed by atoms with Crippen molar-refractivity contribution in [2.45, 2.75) is 43.9 Å². The van der Waals surface area contributed by atoms with Crippen LogP contribution in [0.5, 0.6) is 5.88 Å². The first-order valence-corrected chi connectivity index (χ1v) is 11.1. The first kappa shape index (κ1) is 30.8. The highest BCUT2D eigenvalue weighted by Gasteiger charge is 2.41. The Morgan fingerprint density at radius 2 is 1.74 bits per heavy atom. The minimum atomic E-state index is -5.08. The van der Waals surface area contributed by atoms with Crippen LogP contribution in [-0.2, 0) is 27.9 Å². The molecule has 2 aromatic rings. The standard InChI is InChI=1S/C18H24N4O2.2C2HF3O2/c1-21-11-15(10-20-21)12-22-6-7-23-17-9-14(8-16(17)22)13-24-18-4-2-3-5-19-18;2*3-2(4,5)1(6)7/h2-5,10-11,14,16-17H,6-9,12-13H2,1H3;2*(H,6,7). The van der Waals surface area contributed by atoms with Crippen molar-refractivity contribution >= 4 is 11.9 Å². The van der Waals surface area contributed by atoms with E-state index in [2.05, 4.69) is 21.2 Å². The lowest BCUT2D eigenvalue weighted by Crippen LogP contribution is -2.47. The van der Waals surface area contributed by atoms with Gasteiger partial charge in [0.2, 0.25) is 5.88 Å². The number of morpholine rings is 1. The Kier molecular flexibility index (Phi) is 10.9. The number of fused-ring (bicyclic) bond motifs is 1. The number of alkyl halides is 6. The Labute approximate surface area is 212 Å². The summed E-state index contributed by atoms with van der Waals surface area (Å²) in [6.07, 6.45) is -1.82. The predicted molar refractivity (Wildman–Crippen MR) is 117 cm³/mol. The molecule has 3 unspecified atom stereocenters. The van der Waals surface area contributed by atoms with Gasteiger partial charge in [-0.1, -0.05) is 6.07 Å². The van der Waals surface area contributed by atoms with Crippen molar-refractivity contribution in [2.75, 3.05) is 19.8 Å². The van der Waals surface area contributed by atoms with Gasteiger partial charge in [0.1, 0.15) is 0 Å². The molecule has 212 valence electrons. The summed E-state index contributed by atoms with van der Waals surface area (Å²) in [5, 5.41) is 18.5. The Balaban J connectivity index is 0.000000301. The van der Waals surface area contributed by atoms with Crippen LogP contribution >= 0.6 is 0 Å². The minimum Gasteiger partial charge on any atom is -0.477 e. The van der Waals surface area contributed by atoms with E-state index in [1.807, 2.05) is 36.1 Å². The fourth-order valence-corrected chi connectivity index (χ4v) is 3.88. The molecule has 0 aromatic carbocycles. The van der Waals surface area contributed by atoms with Gasteiger partial charge in [-0.15, -0.1) is 0 Å².